The zero-order valence-electron chi connectivity index (χ0n) is 10.7. The van der Waals surface area contributed by atoms with E-state index in [0.717, 1.165) is 0 Å². The lowest BCUT2D eigenvalue weighted by Gasteiger charge is -2.10. The molecule has 0 spiro atoms. The molecule has 3 aromatic rings. The average molecular weight is 273 g/mol. The molecule has 0 atom stereocenters. The van der Waals surface area contributed by atoms with E-state index in [1.54, 1.807) is 18.3 Å². The summed E-state index contributed by atoms with van der Waals surface area (Å²) in [6.07, 6.45) is 1.57. The van der Waals surface area contributed by atoms with Crippen LogP contribution in [-0.2, 0) is 0 Å². The molecule has 0 radical (unpaired) electrons. The number of nitrogens with one attached hydrogen (secondary N) is 2. The Labute approximate surface area is 113 Å². The highest BCUT2D eigenvalue weighted by Gasteiger charge is 2.10. The average Bonchev–Trinajstić information content (AvgIpc) is 2.80. The van der Waals surface area contributed by atoms with Gasteiger partial charge in [0.1, 0.15) is 11.6 Å². The number of halogens is 1. The molecule has 0 unspecified atom stereocenters. The molecule has 2 N–H and O–H groups in total. The lowest BCUT2D eigenvalue weighted by atomic mass is 10.1. The van der Waals surface area contributed by atoms with Crippen molar-refractivity contribution in [2.45, 2.75) is 6.92 Å². The first-order chi connectivity index (χ1) is 9.67. The zero-order valence-corrected chi connectivity index (χ0v) is 10.7. The van der Waals surface area contributed by atoms with E-state index in [2.05, 4.69) is 15.0 Å². The Morgan fingerprint density at radius 3 is 2.95 bits per heavy atom. The predicted molar refractivity (Wildman–Crippen MR) is 73.3 cm³/mol. The van der Waals surface area contributed by atoms with E-state index < -0.39 is 0 Å². The monoisotopic (exact) mass is 273 g/mol. The lowest BCUT2D eigenvalue weighted by molar-refractivity contribution is 0.341. The predicted octanol–water partition coefficient (Wildman–Crippen LogP) is 2.46. The molecule has 1 aromatic carbocycles. The third-order valence-corrected chi connectivity index (χ3v) is 2.92. The number of H-pyrrole nitrogens is 2. The fourth-order valence-electron chi connectivity index (χ4n) is 2.08. The van der Waals surface area contributed by atoms with Crippen LogP contribution in [0.5, 0.6) is 5.75 Å². The Morgan fingerprint density at radius 2 is 2.15 bits per heavy atom. The van der Waals surface area contributed by atoms with E-state index in [-0.39, 0.29) is 11.5 Å². The molecule has 0 aliphatic heterocycles. The summed E-state index contributed by atoms with van der Waals surface area (Å²) in [5, 5.41) is 0. The van der Waals surface area contributed by atoms with Crippen molar-refractivity contribution < 1.29 is 9.13 Å². The van der Waals surface area contributed by atoms with Crippen molar-refractivity contribution in [1.29, 1.82) is 0 Å². The molecule has 0 aliphatic rings. The normalized spacial score (nSPS) is 10.9. The second kappa shape index (κ2) is 4.80. The van der Waals surface area contributed by atoms with Crippen LogP contribution in [0.15, 0.2) is 35.3 Å². The molecule has 0 aliphatic carbocycles. The first-order valence-electron chi connectivity index (χ1n) is 6.18. The van der Waals surface area contributed by atoms with Crippen LogP contribution in [0.1, 0.15) is 6.92 Å². The van der Waals surface area contributed by atoms with Crippen LogP contribution in [0.4, 0.5) is 4.39 Å². The van der Waals surface area contributed by atoms with Gasteiger partial charge in [0.2, 0.25) is 0 Å². The van der Waals surface area contributed by atoms with Crippen LogP contribution in [0.2, 0.25) is 0 Å². The van der Waals surface area contributed by atoms with Crippen molar-refractivity contribution in [3.8, 4) is 16.9 Å². The van der Waals surface area contributed by atoms with Crippen molar-refractivity contribution in [3.05, 3.63) is 46.8 Å². The van der Waals surface area contributed by atoms with Gasteiger partial charge in [0.05, 0.1) is 12.1 Å². The number of fused-ring (bicyclic) bond motifs is 1. The van der Waals surface area contributed by atoms with Gasteiger partial charge in [-0.2, -0.15) is 0 Å². The fraction of sp³-hybridized carbons (Fsp3) is 0.143. The standard InChI is InChI=1S/C14H12FN3O2/c1-2-20-12-4-3-9(15)6-10(12)8-5-11-13(16-7-8)18-14(19)17-11/h3-7H,2H2,1H3,(H2,16,17,18,19). The SMILES string of the molecule is CCOc1ccc(F)cc1-c1cnc2[nH]c(=O)[nH]c2c1. The van der Waals surface area contributed by atoms with Gasteiger partial charge in [-0.3, -0.25) is 4.98 Å². The second-order valence-corrected chi connectivity index (χ2v) is 4.27. The third kappa shape index (κ3) is 2.16. The first-order valence-corrected chi connectivity index (χ1v) is 6.18. The zero-order chi connectivity index (χ0) is 14.1. The molecular weight excluding hydrogens is 261 g/mol. The number of pyridine rings is 1. The van der Waals surface area contributed by atoms with Gasteiger partial charge >= 0.3 is 5.69 Å². The number of nitrogens with zero attached hydrogens (tertiary/aromatic N) is 1. The summed E-state index contributed by atoms with van der Waals surface area (Å²) in [6.45, 7) is 2.34. The summed E-state index contributed by atoms with van der Waals surface area (Å²) in [6, 6.07) is 6.05. The van der Waals surface area contributed by atoms with Crippen LogP contribution < -0.4 is 10.4 Å². The Hall–Kier alpha value is -2.63. The minimum Gasteiger partial charge on any atom is -0.493 e. The Kier molecular flexibility index (Phi) is 2.98. The molecule has 3 rings (SSSR count). The van der Waals surface area contributed by atoms with Gasteiger partial charge in [-0.05, 0) is 31.2 Å². The van der Waals surface area contributed by atoms with E-state index in [9.17, 15) is 9.18 Å². The number of benzene rings is 1. The molecule has 6 heteroatoms. The molecule has 0 saturated carbocycles. The summed E-state index contributed by atoms with van der Waals surface area (Å²) in [5.74, 6) is 0.221. The number of hydrogen-bond donors (Lipinski definition) is 2. The number of aromatic nitrogens is 3. The Bertz CT molecular complexity index is 823. The van der Waals surface area contributed by atoms with Crippen molar-refractivity contribution in [1.82, 2.24) is 15.0 Å². The smallest absolute Gasteiger partial charge is 0.325 e. The molecule has 0 amide bonds. The maximum Gasteiger partial charge on any atom is 0.325 e. The highest BCUT2D eigenvalue weighted by atomic mass is 19.1. The largest absolute Gasteiger partial charge is 0.493 e. The van der Waals surface area contributed by atoms with Gasteiger partial charge in [-0.25, -0.2) is 14.2 Å². The molecule has 0 fully saturated rings. The van der Waals surface area contributed by atoms with Gasteiger partial charge in [0, 0.05) is 17.3 Å². The van der Waals surface area contributed by atoms with Crippen molar-refractivity contribution in [3.63, 3.8) is 0 Å². The van der Waals surface area contributed by atoms with Gasteiger partial charge in [0.15, 0.2) is 5.65 Å². The highest BCUT2D eigenvalue weighted by molar-refractivity contribution is 5.79. The molecule has 0 bridgehead atoms. The molecule has 0 saturated heterocycles. The molecule has 2 aromatic heterocycles. The van der Waals surface area contributed by atoms with Crippen molar-refractivity contribution in [2.75, 3.05) is 6.61 Å². The summed E-state index contributed by atoms with van der Waals surface area (Å²) < 4.78 is 18.9. The van der Waals surface area contributed by atoms with Gasteiger partial charge < -0.3 is 9.72 Å². The van der Waals surface area contributed by atoms with E-state index in [1.807, 2.05) is 6.92 Å². The van der Waals surface area contributed by atoms with Crippen molar-refractivity contribution in [2.24, 2.45) is 0 Å². The van der Waals surface area contributed by atoms with Crippen molar-refractivity contribution >= 4 is 11.2 Å². The van der Waals surface area contributed by atoms with Gasteiger partial charge in [0.25, 0.3) is 0 Å². The fourth-order valence-corrected chi connectivity index (χ4v) is 2.08. The van der Waals surface area contributed by atoms with Crippen LogP contribution in [0.25, 0.3) is 22.3 Å². The summed E-state index contributed by atoms with van der Waals surface area (Å²) in [7, 11) is 0. The number of imidazole rings is 1. The maximum atomic E-state index is 13.5. The molecule has 20 heavy (non-hydrogen) atoms. The molecule has 5 nitrogen and oxygen atoms in total. The number of hydrogen-bond acceptors (Lipinski definition) is 3. The van der Waals surface area contributed by atoms with Crippen LogP contribution in [0.3, 0.4) is 0 Å². The topological polar surface area (TPSA) is 70.8 Å². The Morgan fingerprint density at radius 1 is 1.30 bits per heavy atom. The van der Waals surface area contributed by atoms with E-state index in [1.165, 1.54) is 12.1 Å². The van der Waals surface area contributed by atoms with Crippen LogP contribution in [0, 0.1) is 5.82 Å². The van der Waals surface area contributed by atoms with Gasteiger partial charge in [-0.1, -0.05) is 0 Å². The van der Waals surface area contributed by atoms with E-state index >= 15 is 0 Å². The summed E-state index contributed by atoms with van der Waals surface area (Å²) in [5.41, 5.74) is 1.99. The molecule has 102 valence electrons. The minimum atomic E-state index is -0.355. The Balaban J connectivity index is 2.18. The van der Waals surface area contributed by atoms with Gasteiger partial charge in [-0.15, -0.1) is 0 Å². The number of aromatic amines is 2. The number of ether oxygens (including phenoxy) is 1. The van der Waals surface area contributed by atoms with Crippen LogP contribution >= 0.6 is 0 Å². The maximum absolute atomic E-state index is 13.5. The first kappa shape index (κ1) is 12.4. The molecular formula is C14H12FN3O2. The molecule has 2 heterocycles. The quantitative estimate of drug-likeness (QED) is 0.770. The minimum absolute atomic E-state index is 0.325. The lowest BCUT2D eigenvalue weighted by Crippen LogP contribution is -1.99. The van der Waals surface area contributed by atoms with Crippen LogP contribution in [-0.4, -0.2) is 21.6 Å². The third-order valence-electron chi connectivity index (χ3n) is 2.92. The summed E-state index contributed by atoms with van der Waals surface area (Å²) >= 11 is 0. The second-order valence-electron chi connectivity index (χ2n) is 4.27. The van der Waals surface area contributed by atoms with E-state index in [0.29, 0.717) is 34.6 Å². The van der Waals surface area contributed by atoms with E-state index in [4.69, 9.17) is 4.74 Å². The highest BCUT2D eigenvalue weighted by Crippen LogP contribution is 2.31. The number of rotatable bonds is 3. The summed E-state index contributed by atoms with van der Waals surface area (Å²) in [4.78, 5) is 20.6.